The van der Waals surface area contributed by atoms with Gasteiger partial charge in [-0.25, -0.2) is 4.98 Å². The molecule has 0 saturated heterocycles. The van der Waals surface area contributed by atoms with E-state index in [2.05, 4.69) is 25.5 Å². The van der Waals surface area contributed by atoms with Crippen LogP contribution in [0.15, 0.2) is 0 Å². The van der Waals surface area contributed by atoms with Gasteiger partial charge in [-0.2, -0.15) is 0 Å². The molecule has 1 saturated carbocycles. The first-order valence-corrected chi connectivity index (χ1v) is 8.32. The van der Waals surface area contributed by atoms with E-state index in [0.717, 1.165) is 25.2 Å². The Morgan fingerprint density at radius 1 is 1.35 bits per heavy atom. The monoisotopic (exact) mass is 275 g/mol. The number of aromatic nitrogens is 2. The van der Waals surface area contributed by atoms with E-state index in [1.165, 1.54) is 49.3 Å². The molecule has 1 atom stereocenters. The second-order valence-electron chi connectivity index (χ2n) is 7.48. The molecule has 112 valence electrons. The lowest BCUT2D eigenvalue weighted by molar-refractivity contribution is 0.320. The molecule has 0 spiro atoms. The van der Waals surface area contributed by atoms with Crippen molar-refractivity contribution in [2.45, 2.75) is 76.7 Å². The quantitative estimate of drug-likeness (QED) is 0.921. The molecule has 0 radical (unpaired) electrons. The predicted octanol–water partition coefficient (Wildman–Crippen LogP) is 3.09. The molecule has 1 unspecified atom stereocenters. The maximum Gasteiger partial charge on any atom is 0.115 e. The van der Waals surface area contributed by atoms with Crippen LogP contribution in [0.25, 0.3) is 0 Å². The molecule has 0 aromatic carbocycles. The van der Waals surface area contributed by atoms with Gasteiger partial charge < -0.3 is 10.3 Å². The summed E-state index contributed by atoms with van der Waals surface area (Å²) in [5, 5.41) is 0. The van der Waals surface area contributed by atoms with Gasteiger partial charge in [0.05, 0.1) is 5.69 Å². The summed E-state index contributed by atoms with van der Waals surface area (Å²) in [7, 11) is 2.23. The summed E-state index contributed by atoms with van der Waals surface area (Å²) in [4.78, 5) is 5.09. The number of hydrogen-bond donors (Lipinski definition) is 1. The lowest BCUT2D eigenvalue weighted by Crippen LogP contribution is -2.29. The molecule has 2 aliphatic carbocycles. The highest BCUT2D eigenvalue weighted by molar-refractivity contribution is 5.26. The molecule has 0 bridgehead atoms. The van der Waals surface area contributed by atoms with Gasteiger partial charge in [0, 0.05) is 30.6 Å². The SMILES string of the molecule is CC(C)CC1(c2nc3c(n2C)CCC(N)C3)CCCC1. The van der Waals surface area contributed by atoms with E-state index in [0.29, 0.717) is 11.5 Å². The first-order chi connectivity index (χ1) is 9.52. The number of rotatable bonds is 3. The van der Waals surface area contributed by atoms with Crippen molar-refractivity contribution in [2.75, 3.05) is 0 Å². The van der Waals surface area contributed by atoms with Gasteiger partial charge >= 0.3 is 0 Å². The summed E-state index contributed by atoms with van der Waals surface area (Å²) in [5.41, 5.74) is 9.21. The standard InChI is InChI=1S/C17H29N3/c1-12(2)11-17(8-4-5-9-17)16-19-14-10-13(18)6-7-15(14)20(16)3/h12-13H,4-11,18H2,1-3H3. The van der Waals surface area contributed by atoms with Gasteiger partial charge in [-0.1, -0.05) is 26.7 Å². The first-order valence-electron chi connectivity index (χ1n) is 8.32. The zero-order valence-corrected chi connectivity index (χ0v) is 13.3. The third-order valence-electron chi connectivity index (χ3n) is 5.34. The van der Waals surface area contributed by atoms with Gasteiger partial charge in [0.1, 0.15) is 5.82 Å². The highest BCUT2D eigenvalue weighted by Crippen LogP contribution is 2.45. The fourth-order valence-corrected chi connectivity index (χ4v) is 4.56. The Morgan fingerprint density at radius 2 is 2.05 bits per heavy atom. The molecule has 0 amide bonds. The van der Waals surface area contributed by atoms with E-state index in [1.54, 1.807) is 0 Å². The number of hydrogen-bond acceptors (Lipinski definition) is 2. The molecule has 1 fully saturated rings. The lowest BCUT2D eigenvalue weighted by atomic mass is 9.77. The third-order valence-corrected chi connectivity index (χ3v) is 5.34. The van der Waals surface area contributed by atoms with Crippen LogP contribution in [0.2, 0.25) is 0 Å². The Kier molecular flexibility index (Phi) is 3.65. The van der Waals surface area contributed by atoms with Crippen molar-refractivity contribution in [1.82, 2.24) is 9.55 Å². The molecular formula is C17H29N3. The van der Waals surface area contributed by atoms with Crippen LogP contribution < -0.4 is 5.73 Å². The van der Waals surface area contributed by atoms with Crippen LogP contribution in [-0.4, -0.2) is 15.6 Å². The summed E-state index contributed by atoms with van der Waals surface area (Å²) in [6, 6.07) is 0.315. The molecule has 3 rings (SSSR count). The summed E-state index contributed by atoms with van der Waals surface area (Å²) < 4.78 is 2.43. The molecule has 3 nitrogen and oxygen atoms in total. The second-order valence-corrected chi connectivity index (χ2v) is 7.48. The van der Waals surface area contributed by atoms with Crippen molar-refractivity contribution < 1.29 is 0 Å². The largest absolute Gasteiger partial charge is 0.334 e. The Labute approximate surface area is 123 Å². The summed E-state index contributed by atoms with van der Waals surface area (Å²) in [6.07, 6.45) is 9.85. The number of nitrogens with zero attached hydrogens (tertiary/aromatic N) is 2. The Bertz CT molecular complexity index is 481. The zero-order chi connectivity index (χ0) is 14.3. The molecule has 20 heavy (non-hydrogen) atoms. The lowest BCUT2D eigenvalue weighted by Gasteiger charge is -2.30. The van der Waals surface area contributed by atoms with Crippen LogP contribution in [0.4, 0.5) is 0 Å². The van der Waals surface area contributed by atoms with E-state index in [4.69, 9.17) is 10.7 Å². The van der Waals surface area contributed by atoms with Crippen molar-refractivity contribution >= 4 is 0 Å². The Balaban J connectivity index is 2.00. The average molecular weight is 275 g/mol. The highest BCUT2D eigenvalue weighted by atomic mass is 15.1. The molecule has 0 aliphatic heterocycles. The average Bonchev–Trinajstić information content (AvgIpc) is 2.95. The molecule has 3 heteroatoms. The number of nitrogens with two attached hydrogens (primary N) is 1. The summed E-state index contributed by atoms with van der Waals surface area (Å²) in [6.45, 7) is 4.69. The topological polar surface area (TPSA) is 43.8 Å². The van der Waals surface area contributed by atoms with E-state index >= 15 is 0 Å². The molecule has 2 N–H and O–H groups in total. The van der Waals surface area contributed by atoms with Crippen molar-refractivity contribution in [3.05, 3.63) is 17.2 Å². The fourth-order valence-electron chi connectivity index (χ4n) is 4.56. The third kappa shape index (κ3) is 2.30. The van der Waals surface area contributed by atoms with Crippen LogP contribution in [0.3, 0.4) is 0 Å². The molecule has 2 aliphatic rings. The summed E-state index contributed by atoms with van der Waals surface area (Å²) in [5.74, 6) is 2.10. The minimum Gasteiger partial charge on any atom is -0.334 e. The predicted molar refractivity (Wildman–Crippen MR) is 82.8 cm³/mol. The smallest absolute Gasteiger partial charge is 0.115 e. The Morgan fingerprint density at radius 3 is 2.70 bits per heavy atom. The molecule has 1 aromatic rings. The molecule has 1 aromatic heterocycles. The van der Waals surface area contributed by atoms with Gasteiger partial charge in [-0.15, -0.1) is 0 Å². The van der Waals surface area contributed by atoms with Gasteiger partial charge in [0.2, 0.25) is 0 Å². The fraction of sp³-hybridized carbons (Fsp3) is 0.824. The van der Waals surface area contributed by atoms with Crippen molar-refractivity contribution in [3.63, 3.8) is 0 Å². The van der Waals surface area contributed by atoms with E-state index in [9.17, 15) is 0 Å². The maximum absolute atomic E-state index is 6.13. The van der Waals surface area contributed by atoms with Crippen LogP contribution in [-0.2, 0) is 25.3 Å². The molecular weight excluding hydrogens is 246 g/mol. The molecule has 1 heterocycles. The van der Waals surface area contributed by atoms with E-state index < -0.39 is 0 Å². The van der Waals surface area contributed by atoms with Gasteiger partial charge in [-0.3, -0.25) is 0 Å². The maximum atomic E-state index is 6.13. The highest BCUT2D eigenvalue weighted by Gasteiger charge is 2.40. The van der Waals surface area contributed by atoms with Gasteiger partial charge in [0.15, 0.2) is 0 Å². The summed E-state index contributed by atoms with van der Waals surface area (Å²) >= 11 is 0. The zero-order valence-electron chi connectivity index (χ0n) is 13.3. The van der Waals surface area contributed by atoms with E-state index in [1.807, 2.05) is 0 Å². The second kappa shape index (κ2) is 5.18. The normalized spacial score (nSPS) is 25.1. The number of fused-ring (bicyclic) bond motifs is 1. The minimum atomic E-state index is 0.315. The van der Waals surface area contributed by atoms with Gasteiger partial charge in [0.25, 0.3) is 0 Å². The van der Waals surface area contributed by atoms with Crippen molar-refractivity contribution in [3.8, 4) is 0 Å². The number of imidazole rings is 1. The van der Waals surface area contributed by atoms with Crippen LogP contribution in [0, 0.1) is 5.92 Å². The van der Waals surface area contributed by atoms with Crippen LogP contribution >= 0.6 is 0 Å². The van der Waals surface area contributed by atoms with Crippen molar-refractivity contribution in [2.24, 2.45) is 18.7 Å². The van der Waals surface area contributed by atoms with Gasteiger partial charge in [-0.05, 0) is 38.0 Å². The first kappa shape index (κ1) is 14.1. The van der Waals surface area contributed by atoms with Crippen LogP contribution in [0.1, 0.15) is 69.6 Å². The van der Waals surface area contributed by atoms with E-state index in [-0.39, 0.29) is 0 Å². The van der Waals surface area contributed by atoms with Crippen LogP contribution in [0.5, 0.6) is 0 Å². The van der Waals surface area contributed by atoms with Crippen molar-refractivity contribution in [1.29, 1.82) is 0 Å². The Hall–Kier alpha value is -0.830. The minimum absolute atomic E-state index is 0.315.